The van der Waals surface area contributed by atoms with Crippen molar-refractivity contribution in [2.75, 3.05) is 25.1 Å². The van der Waals surface area contributed by atoms with Gasteiger partial charge in [0.2, 0.25) is 0 Å². The highest BCUT2D eigenvalue weighted by molar-refractivity contribution is 9.10. The lowest BCUT2D eigenvalue weighted by atomic mass is 10.2. The van der Waals surface area contributed by atoms with Crippen LogP contribution in [0, 0.1) is 6.92 Å². The lowest BCUT2D eigenvalue weighted by molar-refractivity contribution is -0.121. The monoisotopic (exact) mass is 328 g/mol. The summed E-state index contributed by atoms with van der Waals surface area (Å²) in [5.74, 6) is 0.308. The Balaban J connectivity index is 1.76. The Labute approximate surface area is 120 Å². The number of hydrogen-bond donors (Lipinski definition) is 1. The van der Waals surface area contributed by atoms with Gasteiger partial charge in [0.15, 0.2) is 0 Å². The van der Waals surface area contributed by atoms with Crippen LogP contribution >= 0.6 is 15.9 Å². The Bertz CT molecular complexity index is 448. The van der Waals surface area contributed by atoms with E-state index in [0.717, 1.165) is 29.5 Å². The molecule has 1 aliphatic rings. The van der Waals surface area contributed by atoms with E-state index in [-0.39, 0.29) is 18.6 Å². The van der Waals surface area contributed by atoms with Gasteiger partial charge in [-0.2, -0.15) is 0 Å². The summed E-state index contributed by atoms with van der Waals surface area (Å²) >= 11 is 3.39. The van der Waals surface area contributed by atoms with Crippen molar-refractivity contribution in [2.45, 2.75) is 25.9 Å². The summed E-state index contributed by atoms with van der Waals surface area (Å²) in [6.07, 6.45) is 3.87. The largest absolute Gasteiger partial charge is 0.376 e. The van der Waals surface area contributed by atoms with Crippen molar-refractivity contribution in [3.63, 3.8) is 0 Å². The van der Waals surface area contributed by atoms with Crippen LogP contribution in [0.5, 0.6) is 0 Å². The van der Waals surface area contributed by atoms with Gasteiger partial charge in [-0.3, -0.25) is 4.79 Å². The van der Waals surface area contributed by atoms with Gasteiger partial charge in [-0.25, -0.2) is 4.98 Å². The van der Waals surface area contributed by atoms with Crippen LogP contribution in [0.3, 0.4) is 0 Å². The Morgan fingerprint density at radius 1 is 1.68 bits per heavy atom. The van der Waals surface area contributed by atoms with E-state index in [1.165, 1.54) is 0 Å². The van der Waals surface area contributed by atoms with Crippen LogP contribution in [-0.4, -0.2) is 36.8 Å². The number of carbonyl (C=O) groups excluding carboxylic acids is 1. The van der Waals surface area contributed by atoms with E-state index in [9.17, 15) is 4.79 Å². The molecule has 1 aliphatic heterocycles. The molecule has 1 unspecified atom stereocenters. The van der Waals surface area contributed by atoms with E-state index in [4.69, 9.17) is 9.47 Å². The Kier molecular flexibility index (Phi) is 5.30. The second kappa shape index (κ2) is 6.98. The van der Waals surface area contributed by atoms with E-state index < -0.39 is 0 Å². The summed E-state index contributed by atoms with van der Waals surface area (Å²) in [7, 11) is 0. The molecule has 6 heteroatoms. The number of carbonyl (C=O) groups is 1. The molecule has 19 heavy (non-hydrogen) atoms. The molecule has 0 saturated carbocycles. The van der Waals surface area contributed by atoms with Gasteiger partial charge in [0.1, 0.15) is 12.4 Å². The number of rotatable bonds is 5. The zero-order valence-corrected chi connectivity index (χ0v) is 12.4. The first kappa shape index (κ1) is 14.4. The second-order valence-corrected chi connectivity index (χ2v) is 5.28. The smallest absolute Gasteiger partial charge is 0.251 e. The fourth-order valence-electron chi connectivity index (χ4n) is 1.85. The number of hydrogen-bond acceptors (Lipinski definition) is 4. The number of halogens is 1. The maximum atomic E-state index is 11.7. The summed E-state index contributed by atoms with van der Waals surface area (Å²) in [6.45, 7) is 3.22. The second-order valence-electron chi connectivity index (χ2n) is 4.49. The highest BCUT2D eigenvalue weighted by Crippen LogP contribution is 2.23. The Hall–Kier alpha value is -0.980. The first-order valence-electron chi connectivity index (χ1n) is 6.27. The number of aromatic nitrogens is 1. The molecule has 0 radical (unpaired) electrons. The molecular weight excluding hydrogens is 312 g/mol. The third kappa shape index (κ3) is 4.26. The van der Waals surface area contributed by atoms with Crippen molar-refractivity contribution in [2.24, 2.45) is 0 Å². The summed E-state index contributed by atoms with van der Waals surface area (Å²) < 4.78 is 11.5. The van der Waals surface area contributed by atoms with Crippen molar-refractivity contribution in [3.05, 3.63) is 22.3 Å². The highest BCUT2D eigenvalue weighted by Gasteiger charge is 2.16. The Morgan fingerprint density at radius 3 is 3.26 bits per heavy atom. The standard InChI is InChI=1S/C13H17BrN2O3/c1-9-4-5-15-13(12(9)14)16-11(17)8-18-7-10-3-2-6-19-10/h4-5,10H,2-3,6-8H2,1H3,(H,15,16,17). The molecule has 0 aliphatic carbocycles. The molecule has 5 nitrogen and oxygen atoms in total. The van der Waals surface area contributed by atoms with Crippen LogP contribution < -0.4 is 5.32 Å². The summed E-state index contributed by atoms with van der Waals surface area (Å²) in [6, 6.07) is 1.87. The van der Waals surface area contributed by atoms with E-state index in [1.54, 1.807) is 6.20 Å². The predicted octanol–water partition coefficient (Wildman–Crippen LogP) is 2.29. The van der Waals surface area contributed by atoms with Gasteiger partial charge < -0.3 is 14.8 Å². The fourth-order valence-corrected chi connectivity index (χ4v) is 2.19. The van der Waals surface area contributed by atoms with Crippen LogP contribution in [0.2, 0.25) is 0 Å². The van der Waals surface area contributed by atoms with Gasteiger partial charge in [-0.15, -0.1) is 0 Å². The molecule has 1 saturated heterocycles. The molecule has 0 aromatic carbocycles. The zero-order valence-electron chi connectivity index (χ0n) is 10.8. The van der Waals surface area contributed by atoms with Crippen molar-refractivity contribution in [1.29, 1.82) is 0 Å². The summed E-state index contributed by atoms with van der Waals surface area (Å²) in [5, 5.41) is 2.71. The molecular formula is C13H17BrN2O3. The minimum Gasteiger partial charge on any atom is -0.376 e. The molecule has 2 rings (SSSR count). The van der Waals surface area contributed by atoms with E-state index >= 15 is 0 Å². The van der Waals surface area contributed by atoms with Crippen LogP contribution in [0.4, 0.5) is 5.82 Å². The topological polar surface area (TPSA) is 60.5 Å². The van der Waals surface area contributed by atoms with E-state index in [1.807, 2.05) is 13.0 Å². The molecule has 0 spiro atoms. The number of aryl methyl sites for hydroxylation is 1. The molecule has 1 aromatic rings. The number of nitrogens with one attached hydrogen (secondary N) is 1. The van der Waals surface area contributed by atoms with Gasteiger partial charge in [-0.1, -0.05) is 0 Å². The Morgan fingerprint density at radius 2 is 2.53 bits per heavy atom. The van der Waals surface area contributed by atoms with Crippen molar-refractivity contribution in [1.82, 2.24) is 4.98 Å². The molecule has 2 heterocycles. The minimum atomic E-state index is -0.211. The molecule has 0 bridgehead atoms. The summed E-state index contributed by atoms with van der Waals surface area (Å²) in [4.78, 5) is 15.8. The quantitative estimate of drug-likeness (QED) is 0.900. The van der Waals surface area contributed by atoms with E-state index in [0.29, 0.717) is 12.4 Å². The number of nitrogens with zero attached hydrogens (tertiary/aromatic N) is 1. The number of ether oxygens (including phenoxy) is 2. The number of pyridine rings is 1. The SMILES string of the molecule is Cc1ccnc(NC(=O)COCC2CCCO2)c1Br. The van der Waals surface area contributed by atoms with Crippen molar-refractivity contribution >= 4 is 27.7 Å². The van der Waals surface area contributed by atoms with Gasteiger partial charge in [0.25, 0.3) is 5.91 Å². The third-order valence-electron chi connectivity index (χ3n) is 2.90. The maximum Gasteiger partial charge on any atom is 0.251 e. The van der Waals surface area contributed by atoms with Crippen LogP contribution in [0.25, 0.3) is 0 Å². The summed E-state index contributed by atoms with van der Waals surface area (Å²) in [5.41, 5.74) is 1.02. The maximum absolute atomic E-state index is 11.7. The number of anilines is 1. The van der Waals surface area contributed by atoms with Gasteiger partial charge in [0, 0.05) is 12.8 Å². The van der Waals surface area contributed by atoms with Gasteiger partial charge >= 0.3 is 0 Å². The predicted molar refractivity (Wildman–Crippen MR) is 75.1 cm³/mol. The molecule has 1 amide bonds. The van der Waals surface area contributed by atoms with E-state index in [2.05, 4.69) is 26.2 Å². The molecule has 1 aromatic heterocycles. The molecule has 1 fully saturated rings. The fraction of sp³-hybridized carbons (Fsp3) is 0.538. The molecule has 104 valence electrons. The average Bonchev–Trinajstić information content (AvgIpc) is 2.88. The molecule has 1 N–H and O–H groups in total. The lowest BCUT2D eigenvalue weighted by Crippen LogP contribution is -2.23. The van der Waals surface area contributed by atoms with Crippen LogP contribution in [0.1, 0.15) is 18.4 Å². The normalized spacial score (nSPS) is 18.5. The zero-order chi connectivity index (χ0) is 13.7. The van der Waals surface area contributed by atoms with Crippen LogP contribution in [-0.2, 0) is 14.3 Å². The minimum absolute atomic E-state index is 0.0158. The first-order chi connectivity index (χ1) is 9.16. The first-order valence-corrected chi connectivity index (χ1v) is 7.06. The van der Waals surface area contributed by atoms with Crippen molar-refractivity contribution in [3.8, 4) is 0 Å². The lowest BCUT2D eigenvalue weighted by Gasteiger charge is -2.11. The number of amides is 1. The highest BCUT2D eigenvalue weighted by atomic mass is 79.9. The third-order valence-corrected chi connectivity index (χ3v) is 3.90. The van der Waals surface area contributed by atoms with Gasteiger partial charge in [-0.05, 0) is 47.3 Å². The molecule has 1 atom stereocenters. The average molecular weight is 329 g/mol. The van der Waals surface area contributed by atoms with Gasteiger partial charge in [0.05, 0.1) is 17.2 Å². The van der Waals surface area contributed by atoms with Crippen LogP contribution in [0.15, 0.2) is 16.7 Å². The van der Waals surface area contributed by atoms with Crippen molar-refractivity contribution < 1.29 is 14.3 Å².